The minimum absolute atomic E-state index is 0.0460. The van der Waals surface area contributed by atoms with Gasteiger partial charge in [-0.2, -0.15) is 0 Å². The van der Waals surface area contributed by atoms with E-state index in [1.165, 1.54) is 0 Å². The number of anilines is 3. The first-order valence-electron chi connectivity index (χ1n) is 6.25. The van der Waals surface area contributed by atoms with E-state index in [-0.39, 0.29) is 18.4 Å². The molecule has 4 N–H and O–H groups in total. The van der Waals surface area contributed by atoms with E-state index >= 15 is 0 Å². The Balaban J connectivity index is 2.10. The molecule has 2 rings (SSSR count). The monoisotopic (exact) mass is 279 g/mol. The molecule has 20 heavy (non-hydrogen) atoms. The molecule has 0 saturated carbocycles. The number of fused-ring (bicyclic) bond motifs is 1. The van der Waals surface area contributed by atoms with Crippen LogP contribution in [0.4, 0.5) is 21.9 Å². The first kappa shape index (κ1) is 14.0. The summed E-state index contributed by atoms with van der Waals surface area (Å²) in [5, 5.41) is 5.18. The standard InChI is InChI=1S/C13H17N3O4/c1-7(2)5-20-13(18)16-9-4-10-11(3-8(9)14)19-6-12(17)15-10/h3-4,7H,5-6,14H2,1-2H3,(H,15,17)(H,16,18). The van der Waals surface area contributed by atoms with E-state index in [0.717, 1.165) is 0 Å². The van der Waals surface area contributed by atoms with E-state index in [1.807, 2.05) is 13.8 Å². The maximum Gasteiger partial charge on any atom is 0.411 e. The Hall–Kier alpha value is -2.44. The molecule has 0 unspecified atom stereocenters. The van der Waals surface area contributed by atoms with Crippen LogP contribution < -0.4 is 21.1 Å². The van der Waals surface area contributed by atoms with E-state index in [0.29, 0.717) is 29.4 Å². The molecule has 0 saturated heterocycles. The highest BCUT2D eigenvalue weighted by Gasteiger charge is 2.18. The van der Waals surface area contributed by atoms with Crippen molar-refractivity contribution >= 4 is 29.1 Å². The van der Waals surface area contributed by atoms with Gasteiger partial charge in [0.1, 0.15) is 5.75 Å². The summed E-state index contributed by atoms with van der Waals surface area (Å²) in [4.78, 5) is 22.8. The SMILES string of the molecule is CC(C)COC(=O)Nc1cc2c(cc1N)OCC(=O)N2. The Morgan fingerprint density at radius 1 is 1.55 bits per heavy atom. The Labute approximate surface area is 116 Å². The van der Waals surface area contributed by atoms with Gasteiger partial charge in [0.05, 0.1) is 23.7 Å². The van der Waals surface area contributed by atoms with Crippen LogP contribution in [0.15, 0.2) is 12.1 Å². The number of hydrogen-bond donors (Lipinski definition) is 3. The summed E-state index contributed by atoms with van der Waals surface area (Å²) in [7, 11) is 0. The maximum atomic E-state index is 11.6. The fourth-order valence-electron chi connectivity index (χ4n) is 1.64. The zero-order valence-corrected chi connectivity index (χ0v) is 11.4. The molecule has 0 spiro atoms. The van der Waals surface area contributed by atoms with E-state index in [4.69, 9.17) is 15.2 Å². The molecule has 1 aliphatic rings. The normalized spacial score (nSPS) is 13.2. The quantitative estimate of drug-likeness (QED) is 0.732. The third kappa shape index (κ3) is 3.31. The van der Waals surface area contributed by atoms with Gasteiger partial charge in [-0.3, -0.25) is 10.1 Å². The number of carbonyl (C=O) groups excluding carboxylic acids is 2. The summed E-state index contributed by atoms with van der Waals surface area (Å²) in [6, 6.07) is 3.09. The van der Waals surface area contributed by atoms with Crippen molar-refractivity contribution in [2.45, 2.75) is 13.8 Å². The summed E-state index contributed by atoms with van der Waals surface area (Å²) in [6.07, 6.45) is -0.589. The predicted octanol–water partition coefficient (Wildman–Crippen LogP) is 1.80. The number of ether oxygens (including phenoxy) is 2. The Bertz CT molecular complexity index is 543. The number of amides is 2. The number of nitrogen functional groups attached to an aromatic ring is 1. The topological polar surface area (TPSA) is 103 Å². The summed E-state index contributed by atoms with van der Waals surface area (Å²) in [6.45, 7) is 4.15. The lowest BCUT2D eigenvalue weighted by Crippen LogP contribution is -2.26. The van der Waals surface area contributed by atoms with Gasteiger partial charge in [0.2, 0.25) is 0 Å². The molecule has 7 heteroatoms. The number of nitrogens with two attached hydrogens (primary N) is 1. The van der Waals surface area contributed by atoms with Crippen LogP contribution in [0, 0.1) is 5.92 Å². The molecule has 0 atom stereocenters. The summed E-state index contributed by atoms with van der Waals surface area (Å²) in [5.74, 6) is 0.466. The van der Waals surface area contributed by atoms with E-state index in [1.54, 1.807) is 12.1 Å². The number of nitrogens with one attached hydrogen (secondary N) is 2. The Morgan fingerprint density at radius 3 is 3.00 bits per heavy atom. The second-order valence-corrected chi connectivity index (χ2v) is 4.89. The fraction of sp³-hybridized carbons (Fsp3) is 0.385. The van der Waals surface area contributed by atoms with E-state index < -0.39 is 6.09 Å². The molecular formula is C13H17N3O4. The Morgan fingerprint density at radius 2 is 2.30 bits per heavy atom. The van der Waals surface area contributed by atoms with Crippen LogP contribution in [-0.4, -0.2) is 25.2 Å². The lowest BCUT2D eigenvalue weighted by molar-refractivity contribution is -0.118. The minimum Gasteiger partial charge on any atom is -0.482 e. The van der Waals surface area contributed by atoms with Gasteiger partial charge in [0.15, 0.2) is 6.61 Å². The zero-order valence-electron chi connectivity index (χ0n) is 11.4. The average Bonchev–Trinajstić information content (AvgIpc) is 2.38. The highest BCUT2D eigenvalue weighted by molar-refractivity contribution is 5.98. The molecule has 0 aromatic heterocycles. The second-order valence-electron chi connectivity index (χ2n) is 4.89. The lowest BCUT2D eigenvalue weighted by atomic mass is 10.2. The zero-order chi connectivity index (χ0) is 14.7. The van der Waals surface area contributed by atoms with Crippen molar-refractivity contribution in [2.24, 2.45) is 5.92 Å². The van der Waals surface area contributed by atoms with Crippen LogP contribution in [0.1, 0.15) is 13.8 Å². The van der Waals surface area contributed by atoms with Crippen molar-refractivity contribution < 1.29 is 19.1 Å². The summed E-state index contributed by atoms with van der Waals surface area (Å²) in [5.41, 5.74) is 6.99. The fourth-order valence-corrected chi connectivity index (χ4v) is 1.64. The molecule has 1 aromatic rings. The summed E-state index contributed by atoms with van der Waals surface area (Å²) < 4.78 is 10.2. The van der Waals surface area contributed by atoms with Gasteiger partial charge in [0, 0.05) is 6.07 Å². The van der Waals surface area contributed by atoms with Crippen molar-refractivity contribution in [3.05, 3.63) is 12.1 Å². The highest BCUT2D eigenvalue weighted by atomic mass is 16.5. The second kappa shape index (κ2) is 5.68. The molecule has 0 aliphatic carbocycles. The number of rotatable bonds is 3. The lowest BCUT2D eigenvalue weighted by Gasteiger charge is -2.20. The number of hydrogen-bond acceptors (Lipinski definition) is 5. The Kier molecular flexibility index (Phi) is 3.97. The highest BCUT2D eigenvalue weighted by Crippen LogP contribution is 2.35. The van der Waals surface area contributed by atoms with Gasteiger partial charge < -0.3 is 20.5 Å². The van der Waals surface area contributed by atoms with Crippen molar-refractivity contribution in [1.82, 2.24) is 0 Å². The number of carbonyl (C=O) groups is 2. The first-order valence-corrected chi connectivity index (χ1v) is 6.25. The van der Waals surface area contributed by atoms with Gasteiger partial charge in [-0.05, 0) is 12.0 Å². The van der Waals surface area contributed by atoms with Crippen LogP contribution in [0.3, 0.4) is 0 Å². The molecule has 1 aliphatic heterocycles. The molecule has 0 radical (unpaired) electrons. The van der Waals surface area contributed by atoms with Crippen molar-refractivity contribution in [2.75, 3.05) is 29.6 Å². The molecule has 2 amide bonds. The molecule has 108 valence electrons. The minimum atomic E-state index is -0.589. The van der Waals surface area contributed by atoms with Gasteiger partial charge >= 0.3 is 6.09 Å². The molecule has 0 bridgehead atoms. The van der Waals surface area contributed by atoms with Gasteiger partial charge in [-0.15, -0.1) is 0 Å². The van der Waals surface area contributed by atoms with Crippen LogP contribution in [0.5, 0.6) is 5.75 Å². The van der Waals surface area contributed by atoms with E-state index in [9.17, 15) is 9.59 Å². The van der Waals surface area contributed by atoms with E-state index in [2.05, 4.69) is 10.6 Å². The van der Waals surface area contributed by atoms with Gasteiger partial charge in [-0.25, -0.2) is 4.79 Å². The predicted molar refractivity (Wildman–Crippen MR) is 74.8 cm³/mol. The van der Waals surface area contributed by atoms with Crippen LogP contribution in [0.25, 0.3) is 0 Å². The van der Waals surface area contributed by atoms with Gasteiger partial charge in [0.25, 0.3) is 5.91 Å². The first-order chi connectivity index (χ1) is 9.45. The molecule has 1 aromatic carbocycles. The van der Waals surface area contributed by atoms with Crippen LogP contribution >= 0.6 is 0 Å². The van der Waals surface area contributed by atoms with Crippen LogP contribution in [0.2, 0.25) is 0 Å². The molecule has 1 heterocycles. The van der Waals surface area contributed by atoms with Crippen molar-refractivity contribution in [3.8, 4) is 5.75 Å². The van der Waals surface area contributed by atoms with Crippen molar-refractivity contribution in [3.63, 3.8) is 0 Å². The average molecular weight is 279 g/mol. The summed E-state index contributed by atoms with van der Waals surface area (Å²) >= 11 is 0. The maximum absolute atomic E-state index is 11.6. The molecular weight excluding hydrogens is 262 g/mol. The smallest absolute Gasteiger partial charge is 0.411 e. The third-order valence-electron chi connectivity index (χ3n) is 2.57. The third-order valence-corrected chi connectivity index (χ3v) is 2.57. The van der Waals surface area contributed by atoms with Crippen molar-refractivity contribution in [1.29, 1.82) is 0 Å². The van der Waals surface area contributed by atoms with Gasteiger partial charge in [-0.1, -0.05) is 13.8 Å². The molecule has 7 nitrogen and oxygen atoms in total. The largest absolute Gasteiger partial charge is 0.482 e. The molecule has 0 fully saturated rings. The van der Waals surface area contributed by atoms with Crippen LogP contribution in [-0.2, 0) is 9.53 Å². The number of benzene rings is 1.